The Kier molecular flexibility index (Phi) is 6.60. The van der Waals surface area contributed by atoms with Gasteiger partial charge in [0, 0.05) is 36.0 Å². The third-order valence-electron chi connectivity index (χ3n) is 4.94. The van der Waals surface area contributed by atoms with Crippen molar-refractivity contribution in [1.29, 1.82) is 0 Å². The zero-order valence-electron chi connectivity index (χ0n) is 16.8. The van der Waals surface area contributed by atoms with E-state index in [0.717, 1.165) is 48.3 Å². The highest BCUT2D eigenvalue weighted by Crippen LogP contribution is 2.33. The number of carbonyl (C=O) groups is 1. The molecule has 0 bridgehead atoms. The Bertz CT molecular complexity index is 767. The molecule has 1 aliphatic rings. The van der Waals surface area contributed by atoms with E-state index < -0.39 is 0 Å². The van der Waals surface area contributed by atoms with Crippen LogP contribution in [0.3, 0.4) is 0 Å². The molecule has 0 spiro atoms. The predicted octanol–water partition coefficient (Wildman–Crippen LogP) is 3.69. The number of aryl methyl sites for hydroxylation is 1. The molecular formula is C19H29N5OS2. The summed E-state index contributed by atoms with van der Waals surface area (Å²) in [6, 6.07) is 0.447. The first kappa shape index (κ1) is 20.4. The number of amides is 1. The van der Waals surface area contributed by atoms with Gasteiger partial charge in [-0.05, 0) is 26.4 Å². The van der Waals surface area contributed by atoms with Crippen LogP contribution in [-0.2, 0) is 0 Å². The van der Waals surface area contributed by atoms with E-state index in [-0.39, 0.29) is 5.91 Å². The number of likely N-dealkylation sites (N-methyl/N-ethyl adjacent to an activating group) is 1. The van der Waals surface area contributed by atoms with E-state index in [2.05, 4.69) is 42.7 Å². The highest BCUT2D eigenvalue weighted by Gasteiger charge is 2.34. The van der Waals surface area contributed by atoms with E-state index in [1.807, 2.05) is 17.2 Å². The summed E-state index contributed by atoms with van der Waals surface area (Å²) >= 11 is 3.21. The summed E-state index contributed by atoms with van der Waals surface area (Å²) in [6.45, 7) is 14.3. The van der Waals surface area contributed by atoms with Gasteiger partial charge in [-0.15, -0.1) is 23.1 Å². The molecule has 3 rings (SSSR count). The van der Waals surface area contributed by atoms with Gasteiger partial charge in [-0.25, -0.2) is 4.98 Å². The van der Waals surface area contributed by atoms with Crippen LogP contribution >= 0.6 is 23.1 Å². The lowest BCUT2D eigenvalue weighted by Gasteiger charge is -2.26. The first-order valence-corrected chi connectivity index (χ1v) is 11.4. The van der Waals surface area contributed by atoms with Crippen LogP contribution in [0.25, 0.3) is 5.13 Å². The van der Waals surface area contributed by atoms with Crippen LogP contribution in [-0.4, -0.2) is 67.9 Å². The molecule has 8 heteroatoms. The number of rotatable bonds is 7. The molecule has 1 unspecified atom stereocenters. The number of nitrogens with zero attached hydrogens (tertiary/aromatic N) is 5. The Morgan fingerprint density at radius 2 is 2.15 bits per heavy atom. The van der Waals surface area contributed by atoms with Gasteiger partial charge in [0.1, 0.15) is 5.69 Å². The van der Waals surface area contributed by atoms with Crippen molar-refractivity contribution in [2.75, 3.05) is 26.2 Å². The van der Waals surface area contributed by atoms with Crippen LogP contribution < -0.4 is 0 Å². The average molecular weight is 408 g/mol. The van der Waals surface area contributed by atoms with Gasteiger partial charge in [-0.3, -0.25) is 9.69 Å². The van der Waals surface area contributed by atoms with E-state index in [4.69, 9.17) is 0 Å². The second-order valence-corrected chi connectivity index (χ2v) is 9.53. The first-order valence-electron chi connectivity index (χ1n) is 9.65. The lowest BCUT2D eigenvalue weighted by molar-refractivity contribution is 0.0765. The molecule has 1 atom stereocenters. The van der Waals surface area contributed by atoms with Crippen LogP contribution in [0.5, 0.6) is 0 Å². The summed E-state index contributed by atoms with van der Waals surface area (Å²) in [5, 5.41) is 7.72. The Labute approximate surface area is 169 Å². The van der Waals surface area contributed by atoms with Gasteiger partial charge in [-0.1, -0.05) is 27.7 Å². The topological polar surface area (TPSA) is 54.3 Å². The fourth-order valence-corrected chi connectivity index (χ4v) is 5.22. The second kappa shape index (κ2) is 8.75. The number of aromatic nitrogens is 3. The minimum Gasteiger partial charge on any atom is -0.336 e. The van der Waals surface area contributed by atoms with Gasteiger partial charge in [0.25, 0.3) is 5.91 Å². The molecule has 2 aromatic rings. The average Bonchev–Trinajstić information content (AvgIpc) is 3.36. The molecule has 3 heterocycles. The number of hydrogen-bond donors (Lipinski definition) is 0. The number of hydrogen-bond acceptors (Lipinski definition) is 6. The van der Waals surface area contributed by atoms with Crippen molar-refractivity contribution in [3.05, 3.63) is 23.0 Å². The maximum Gasteiger partial charge on any atom is 0.273 e. The number of carbonyl (C=O) groups excluding carboxylic acids is 1. The van der Waals surface area contributed by atoms with Gasteiger partial charge in [0.05, 0.1) is 10.6 Å². The predicted molar refractivity (Wildman–Crippen MR) is 112 cm³/mol. The fraction of sp³-hybridized carbons (Fsp3) is 0.632. The van der Waals surface area contributed by atoms with Gasteiger partial charge >= 0.3 is 0 Å². The van der Waals surface area contributed by atoms with E-state index >= 15 is 0 Å². The fourth-order valence-electron chi connectivity index (χ4n) is 3.65. The molecule has 0 aliphatic carbocycles. The molecule has 2 aromatic heterocycles. The van der Waals surface area contributed by atoms with Crippen LogP contribution in [0.1, 0.15) is 50.3 Å². The minimum atomic E-state index is 0.0728. The highest BCUT2D eigenvalue weighted by molar-refractivity contribution is 8.00. The van der Waals surface area contributed by atoms with Crippen molar-refractivity contribution >= 4 is 29.0 Å². The van der Waals surface area contributed by atoms with Gasteiger partial charge < -0.3 is 4.90 Å². The zero-order valence-corrected chi connectivity index (χ0v) is 18.4. The SMILES string of the molecule is CCN(CC)C1CCN(C(=O)c2c(SC(C)C)c(C)nn2-c2nccs2)C1. The summed E-state index contributed by atoms with van der Waals surface area (Å²) in [5.41, 5.74) is 1.56. The number of thioether (sulfide) groups is 1. The minimum absolute atomic E-state index is 0.0728. The molecule has 0 aromatic carbocycles. The van der Waals surface area contributed by atoms with Gasteiger partial charge in [-0.2, -0.15) is 9.78 Å². The Hall–Kier alpha value is -1.38. The van der Waals surface area contributed by atoms with E-state index in [0.29, 0.717) is 17.0 Å². The van der Waals surface area contributed by atoms with Crippen molar-refractivity contribution in [2.45, 2.75) is 57.2 Å². The molecule has 1 aliphatic heterocycles. The van der Waals surface area contributed by atoms with Crippen LogP contribution in [0, 0.1) is 6.92 Å². The van der Waals surface area contributed by atoms with E-state index in [1.165, 1.54) is 11.3 Å². The normalized spacial score (nSPS) is 17.4. The molecule has 0 radical (unpaired) electrons. The summed E-state index contributed by atoms with van der Waals surface area (Å²) in [6.07, 6.45) is 2.79. The molecule has 1 fully saturated rings. The molecule has 0 saturated carbocycles. The smallest absolute Gasteiger partial charge is 0.273 e. The summed E-state index contributed by atoms with van der Waals surface area (Å²) < 4.78 is 1.75. The van der Waals surface area contributed by atoms with Crippen LogP contribution in [0.4, 0.5) is 0 Å². The van der Waals surface area contributed by atoms with E-state index in [1.54, 1.807) is 22.6 Å². The van der Waals surface area contributed by atoms with Crippen molar-refractivity contribution in [3.63, 3.8) is 0 Å². The zero-order chi connectivity index (χ0) is 19.6. The lowest BCUT2D eigenvalue weighted by Crippen LogP contribution is -2.39. The monoisotopic (exact) mass is 407 g/mol. The summed E-state index contributed by atoms with van der Waals surface area (Å²) in [5.74, 6) is 0.0728. The lowest BCUT2D eigenvalue weighted by atomic mass is 10.2. The van der Waals surface area contributed by atoms with Crippen LogP contribution in [0.15, 0.2) is 16.5 Å². The van der Waals surface area contributed by atoms with Gasteiger partial charge in [0.2, 0.25) is 5.13 Å². The first-order chi connectivity index (χ1) is 13.0. The quantitative estimate of drug-likeness (QED) is 0.655. The maximum absolute atomic E-state index is 13.5. The molecule has 27 heavy (non-hydrogen) atoms. The van der Waals surface area contributed by atoms with E-state index in [9.17, 15) is 4.79 Å². The molecule has 6 nitrogen and oxygen atoms in total. The van der Waals surface area contributed by atoms with Crippen molar-refractivity contribution < 1.29 is 4.79 Å². The summed E-state index contributed by atoms with van der Waals surface area (Å²) in [4.78, 5) is 23.3. The van der Waals surface area contributed by atoms with Crippen molar-refractivity contribution in [3.8, 4) is 5.13 Å². The summed E-state index contributed by atoms with van der Waals surface area (Å²) in [7, 11) is 0. The van der Waals surface area contributed by atoms with Gasteiger partial charge in [0.15, 0.2) is 0 Å². The maximum atomic E-state index is 13.5. The molecule has 148 valence electrons. The Balaban J connectivity index is 1.93. The Morgan fingerprint density at radius 1 is 1.41 bits per heavy atom. The third kappa shape index (κ3) is 4.22. The molecular weight excluding hydrogens is 378 g/mol. The molecule has 1 saturated heterocycles. The largest absolute Gasteiger partial charge is 0.336 e. The molecule has 1 amide bonds. The number of likely N-dealkylation sites (tertiary alicyclic amines) is 1. The molecule has 0 N–H and O–H groups in total. The Morgan fingerprint density at radius 3 is 2.74 bits per heavy atom. The van der Waals surface area contributed by atoms with Crippen molar-refractivity contribution in [1.82, 2.24) is 24.6 Å². The second-order valence-electron chi connectivity index (χ2n) is 7.07. The third-order valence-corrected chi connectivity index (χ3v) is 6.88. The standard InChI is InChI=1S/C19H29N5OS2/c1-6-22(7-2)15-8-10-23(12-15)18(25)16-17(27-13(3)4)14(5)21-24(16)19-20-9-11-26-19/h9,11,13,15H,6-8,10,12H2,1-5H3. The highest BCUT2D eigenvalue weighted by atomic mass is 32.2. The van der Waals surface area contributed by atoms with Crippen molar-refractivity contribution in [2.24, 2.45) is 0 Å². The van der Waals surface area contributed by atoms with Crippen LogP contribution in [0.2, 0.25) is 0 Å². The number of thiazole rings is 1.